The van der Waals surface area contributed by atoms with Crippen molar-refractivity contribution >= 4 is 29.1 Å². The van der Waals surface area contributed by atoms with Crippen LogP contribution in [0.1, 0.15) is 11.3 Å². The van der Waals surface area contributed by atoms with Crippen molar-refractivity contribution < 1.29 is 5.21 Å². The fraction of sp³-hybridized carbons (Fsp3) is 0.0455. The number of aromatic nitrogens is 2. The molecule has 29 heavy (non-hydrogen) atoms. The number of rotatable bonds is 4. The summed E-state index contributed by atoms with van der Waals surface area (Å²) in [5, 5.41) is 12.9. The van der Waals surface area contributed by atoms with E-state index < -0.39 is 0 Å². The maximum absolute atomic E-state index is 9.11. The van der Waals surface area contributed by atoms with Gasteiger partial charge in [0.25, 0.3) is 0 Å². The lowest BCUT2D eigenvalue weighted by Crippen LogP contribution is -2.15. The van der Waals surface area contributed by atoms with Gasteiger partial charge in [0.1, 0.15) is 5.69 Å². The molecule has 0 amide bonds. The highest BCUT2D eigenvalue weighted by Gasteiger charge is 2.15. The third-order valence-electron chi connectivity index (χ3n) is 4.64. The Morgan fingerprint density at radius 1 is 0.966 bits per heavy atom. The van der Waals surface area contributed by atoms with Gasteiger partial charge in [-0.1, -0.05) is 59.8 Å². The van der Waals surface area contributed by atoms with E-state index in [1.165, 1.54) is 0 Å². The fourth-order valence-electron chi connectivity index (χ4n) is 3.20. The molecule has 146 valence electrons. The van der Waals surface area contributed by atoms with Gasteiger partial charge < -0.3 is 16.7 Å². The number of nitrogens with zero attached hydrogens (tertiary/aromatic N) is 3. The molecule has 0 bridgehead atoms. The molecule has 5 N–H and O–H groups in total. The minimum Gasteiger partial charge on any atom is -0.409 e. The van der Waals surface area contributed by atoms with Crippen molar-refractivity contribution in [2.24, 2.45) is 16.6 Å². The highest BCUT2D eigenvalue weighted by Crippen LogP contribution is 2.34. The molecule has 0 saturated carbocycles. The highest BCUT2D eigenvalue weighted by molar-refractivity contribution is 6.07. The SMILES string of the molecule is Cl.NCc1ccc(-c2nc3ccnc(/C(N)=N\O)c3cc2-c2ccccc2)cc1. The second-order valence-corrected chi connectivity index (χ2v) is 6.36. The van der Waals surface area contributed by atoms with E-state index >= 15 is 0 Å². The van der Waals surface area contributed by atoms with Crippen molar-refractivity contribution in [2.75, 3.05) is 0 Å². The smallest absolute Gasteiger partial charge is 0.189 e. The van der Waals surface area contributed by atoms with Crippen molar-refractivity contribution in [3.63, 3.8) is 0 Å². The fourth-order valence-corrected chi connectivity index (χ4v) is 3.20. The number of oxime groups is 1. The number of hydrogen-bond donors (Lipinski definition) is 3. The summed E-state index contributed by atoms with van der Waals surface area (Å²) in [6.45, 7) is 0.492. The first-order valence-corrected chi connectivity index (χ1v) is 8.83. The lowest BCUT2D eigenvalue weighted by Gasteiger charge is -2.13. The lowest BCUT2D eigenvalue weighted by atomic mass is 9.96. The molecular formula is C22H20ClN5O. The Labute approximate surface area is 174 Å². The minimum absolute atomic E-state index is 0. The number of nitrogens with two attached hydrogens (primary N) is 2. The van der Waals surface area contributed by atoms with E-state index in [2.05, 4.69) is 10.1 Å². The maximum atomic E-state index is 9.11. The summed E-state index contributed by atoms with van der Waals surface area (Å²) < 4.78 is 0. The van der Waals surface area contributed by atoms with Crippen molar-refractivity contribution in [1.29, 1.82) is 0 Å². The molecule has 4 aromatic rings. The van der Waals surface area contributed by atoms with Crippen LogP contribution in [-0.2, 0) is 6.54 Å². The van der Waals surface area contributed by atoms with Crippen molar-refractivity contribution in [2.45, 2.75) is 6.54 Å². The summed E-state index contributed by atoms with van der Waals surface area (Å²) in [5.41, 5.74) is 17.5. The normalized spacial score (nSPS) is 11.3. The highest BCUT2D eigenvalue weighted by atomic mass is 35.5. The zero-order valence-corrected chi connectivity index (χ0v) is 16.3. The van der Waals surface area contributed by atoms with Crippen LogP contribution in [0.3, 0.4) is 0 Å². The van der Waals surface area contributed by atoms with E-state index in [-0.39, 0.29) is 18.2 Å². The third-order valence-corrected chi connectivity index (χ3v) is 4.64. The quantitative estimate of drug-likeness (QED) is 0.206. The Bertz CT molecular complexity index is 1160. The van der Waals surface area contributed by atoms with Gasteiger partial charge in [-0.15, -0.1) is 12.4 Å². The Kier molecular flexibility index (Phi) is 6.07. The number of hydrogen-bond acceptors (Lipinski definition) is 5. The molecular weight excluding hydrogens is 386 g/mol. The van der Waals surface area contributed by atoms with Crippen LogP contribution in [0.5, 0.6) is 0 Å². The predicted molar refractivity (Wildman–Crippen MR) is 118 cm³/mol. The van der Waals surface area contributed by atoms with Crippen LogP contribution in [0.2, 0.25) is 0 Å². The Balaban J connectivity index is 0.00000240. The first kappa shape index (κ1) is 20.3. The third kappa shape index (κ3) is 3.89. The van der Waals surface area contributed by atoms with Gasteiger partial charge >= 0.3 is 0 Å². The second-order valence-electron chi connectivity index (χ2n) is 6.36. The summed E-state index contributed by atoms with van der Waals surface area (Å²) in [6.07, 6.45) is 1.60. The van der Waals surface area contributed by atoms with Crippen LogP contribution >= 0.6 is 12.4 Å². The van der Waals surface area contributed by atoms with Gasteiger partial charge in [-0.3, -0.25) is 4.98 Å². The number of pyridine rings is 2. The van der Waals surface area contributed by atoms with E-state index in [0.29, 0.717) is 17.8 Å². The summed E-state index contributed by atoms with van der Waals surface area (Å²) >= 11 is 0. The number of halogens is 1. The van der Waals surface area contributed by atoms with E-state index in [1.807, 2.05) is 66.7 Å². The lowest BCUT2D eigenvalue weighted by molar-refractivity contribution is 0.318. The molecule has 0 aliphatic carbocycles. The summed E-state index contributed by atoms with van der Waals surface area (Å²) in [6, 6.07) is 21.8. The van der Waals surface area contributed by atoms with Crippen LogP contribution < -0.4 is 11.5 Å². The molecule has 0 saturated heterocycles. The van der Waals surface area contributed by atoms with Gasteiger partial charge in [-0.05, 0) is 23.3 Å². The molecule has 2 aromatic carbocycles. The van der Waals surface area contributed by atoms with Gasteiger partial charge in [-0.2, -0.15) is 0 Å². The summed E-state index contributed by atoms with van der Waals surface area (Å²) in [5.74, 6) is -0.0496. The molecule has 0 spiro atoms. The molecule has 2 heterocycles. The van der Waals surface area contributed by atoms with E-state index in [4.69, 9.17) is 21.7 Å². The molecule has 0 atom stereocenters. The van der Waals surface area contributed by atoms with Gasteiger partial charge in [0, 0.05) is 29.3 Å². The van der Waals surface area contributed by atoms with Crippen molar-refractivity contribution in [3.05, 3.63) is 84.2 Å². The molecule has 0 fully saturated rings. The monoisotopic (exact) mass is 405 g/mol. The standard InChI is InChI=1S/C22H19N5O.ClH/c23-13-14-6-8-16(9-7-14)20-17(15-4-2-1-3-5-15)12-18-19(26-20)10-11-25-21(18)22(24)27-28;/h1-12,28H,13,23H2,(H2,24,27);1H. The molecule has 0 unspecified atom stereocenters. The molecule has 0 aliphatic rings. The van der Waals surface area contributed by atoms with E-state index in [9.17, 15) is 0 Å². The number of fused-ring (bicyclic) bond motifs is 1. The van der Waals surface area contributed by atoms with Crippen LogP contribution in [0, 0.1) is 0 Å². The van der Waals surface area contributed by atoms with E-state index in [0.717, 1.165) is 33.3 Å². The molecule has 6 nitrogen and oxygen atoms in total. The maximum Gasteiger partial charge on any atom is 0.189 e. The molecule has 0 aliphatic heterocycles. The van der Waals surface area contributed by atoms with Crippen molar-refractivity contribution in [3.8, 4) is 22.4 Å². The van der Waals surface area contributed by atoms with Crippen LogP contribution in [0.4, 0.5) is 0 Å². The van der Waals surface area contributed by atoms with Crippen molar-refractivity contribution in [1.82, 2.24) is 9.97 Å². The zero-order chi connectivity index (χ0) is 19.5. The van der Waals surface area contributed by atoms with Gasteiger partial charge in [-0.25, -0.2) is 4.98 Å². The number of benzene rings is 2. The molecule has 0 radical (unpaired) electrons. The molecule has 4 rings (SSSR count). The topological polar surface area (TPSA) is 110 Å². The first-order valence-electron chi connectivity index (χ1n) is 8.83. The molecule has 2 aromatic heterocycles. The summed E-state index contributed by atoms with van der Waals surface area (Å²) in [4.78, 5) is 9.16. The Morgan fingerprint density at radius 2 is 1.69 bits per heavy atom. The van der Waals surface area contributed by atoms with Crippen LogP contribution in [0.25, 0.3) is 33.3 Å². The molecule has 7 heteroatoms. The van der Waals surface area contributed by atoms with Gasteiger partial charge in [0.05, 0.1) is 11.2 Å². The second kappa shape index (κ2) is 8.68. The van der Waals surface area contributed by atoms with Crippen LogP contribution in [-0.4, -0.2) is 21.0 Å². The largest absolute Gasteiger partial charge is 0.409 e. The minimum atomic E-state index is -0.0496. The van der Waals surface area contributed by atoms with E-state index in [1.54, 1.807) is 6.20 Å². The Hall–Kier alpha value is -3.48. The summed E-state index contributed by atoms with van der Waals surface area (Å²) in [7, 11) is 0. The predicted octanol–water partition coefficient (Wildman–Crippen LogP) is 3.94. The van der Waals surface area contributed by atoms with Crippen LogP contribution in [0.15, 0.2) is 78.1 Å². The average molecular weight is 406 g/mol. The Morgan fingerprint density at radius 3 is 2.34 bits per heavy atom. The van der Waals surface area contributed by atoms with Gasteiger partial charge in [0.15, 0.2) is 5.84 Å². The zero-order valence-electron chi connectivity index (χ0n) is 15.5. The number of amidine groups is 1. The average Bonchev–Trinajstić information content (AvgIpc) is 2.78. The van der Waals surface area contributed by atoms with Gasteiger partial charge in [0.2, 0.25) is 0 Å². The first-order chi connectivity index (χ1) is 13.7.